The molecule has 3 rings (SSSR count). The number of aryl methyl sites for hydroxylation is 2. The van der Waals surface area contributed by atoms with Crippen LogP contribution in [-0.4, -0.2) is 25.9 Å². The lowest BCUT2D eigenvalue weighted by atomic mass is 9.98. The summed E-state index contributed by atoms with van der Waals surface area (Å²) in [5.74, 6) is -0.269. The van der Waals surface area contributed by atoms with Crippen molar-refractivity contribution in [2.45, 2.75) is 65.3 Å². The van der Waals surface area contributed by atoms with Crippen LogP contribution in [0.2, 0.25) is 0 Å². The zero-order valence-corrected chi connectivity index (χ0v) is 14.3. The third kappa shape index (κ3) is 2.90. The molecule has 0 saturated heterocycles. The minimum Gasteiger partial charge on any atom is -0.323 e. The fraction of sp³-hybridized carbons (Fsp3) is 0.588. The normalized spacial score (nSPS) is 16.7. The summed E-state index contributed by atoms with van der Waals surface area (Å²) in [4.78, 5) is 12.6. The zero-order chi connectivity index (χ0) is 16.6. The number of aromatic nitrogens is 4. The zero-order valence-electron chi connectivity index (χ0n) is 14.3. The highest BCUT2D eigenvalue weighted by molar-refractivity contribution is 5.96. The van der Waals surface area contributed by atoms with Crippen LogP contribution in [0.5, 0.6) is 0 Å². The molecule has 23 heavy (non-hydrogen) atoms. The van der Waals surface area contributed by atoms with Crippen molar-refractivity contribution in [3.63, 3.8) is 0 Å². The van der Waals surface area contributed by atoms with Gasteiger partial charge >= 0.3 is 0 Å². The molecule has 124 valence electrons. The van der Waals surface area contributed by atoms with Gasteiger partial charge in [-0.05, 0) is 40.5 Å². The van der Waals surface area contributed by atoms with Gasteiger partial charge in [0.05, 0.1) is 35.2 Å². The van der Waals surface area contributed by atoms with Crippen LogP contribution in [0.4, 0.5) is 5.69 Å². The van der Waals surface area contributed by atoms with E-state index < -0.39 is 0 Å². The molecule has 1 aliphatic rings. The van der Waals surface area contributed by atoms with Gasteiger partial charge in [0.15, 0.2) is 0 Å². The van der Waals surface area contributed by atoms with Crippen molar-refractivity contribution in [2.75, 3.05) is 5.32 Å². The van der Waals surface area contributed by atoms with Crippen LogP contribution < -0.4 is 5.32 Å². The number of nitrogens with one attached hydrogen (secondary N) is 2. The number of carbonyl (C=O) groups is 1. The van der Waals surface area contributed by atoms with Crippen molar-refractivity contribution < 1.29 is 4.79 Å². The molecule has 1 aliphatic carbocycles. The van der Waals surface area contributed by atoms with E-state index in [1.54, 1.807) is 6.20 Å². The van der Waals surface area contributed by atoms with Crippen molar-refractivity contribution in [3.05, 3.63) is 28.8 Å². The molecule has 0 bridgehead atoms. The van der Waals surface area contributed by atoms with Crippen LogP contribution in [0.3, 0.4) is 0 Å². The fourth-order valence-electron chi connectivity index (χ4n) is 3.63. The standard InChI is InChI=1S/C17H25N5O/c1-10(16-11(2)20-21-12(16)3)17(23)19-15-9-18-22(13(15)4)14-7-5-6-8-14/h9-10,14H,5-8H2,1-4H3,(H,19,23)(H,20,21). The van der Waals surface area contributed by atoms with Crippen LogP contribution in [0.15, 0.2) is 6.20 Å². The van der Waals surface area contributed by atoms with Gasteiger partial charge in [-0.15, -0.1) is 0 Å². The van der Waals surface area contributed by atoms with Gasteiger partial charge in [-0.1, -0.05) is 12.8 Å². The Hall–Kier alpha value is -2.11. The van der Waals surface area contributed by atoms with E-state index in [0.29, 0.717) is 6.04 Å². The first-order valence-electron chi connectivity index (χ1n) is 8.35. The van der Waals surface area contributed by atoms with Crippen LogP contribution in [0.1, 0.15) is 67.2 Å². The number of rotatable bonds is 4. The van der Waals surface area contributed by atoms with E-state index in [1.165, 1.54) is 25.7 Å². The number of carbonyl (C=O) groups excluding carboxylic acids is 1. The van der Waals surface area contributed by atoms with Gasteiger partial charge in [0.1, 0.15) is 0 Å². The number of hydrogen-bond acceptors (Lipinski definition) is 3. The van der Waals surface area contributed by atoms with E-state index in [9.17, 15) is 4.79 Å². The first-order chi connectivity index (χ1) is 11.0. The van der Waals surface area contributed by atoms with E-state index in [1.807, 2.05) is 27.7 Å². The predicted octanol–water partition coefficient (Wildman–Crippen LogP) is 3.39. The Labute approximate surface area is 136 Å². The Morgan fingerprint density at radius 2 is 2.04 bits per heavy atom. The number of aromatic amines is 1. The SMILES string of the molecule is Cc1n[nH]c(C)c1C(C)C(=O)Nc1cnn(C2CCCC2)c1C. The molecule has 2 aromatic rings. The molecule has 2 N–H and O–H groups in total. The second-order valence-electron chi connectivity index (χ2n) is 6.59. The van der Waals surface area contributed by atoms with Crippen molar-refractivity contribution in [3.8, 4) is 0 Å². The highest BCUT2D eigenvalue weighted by atomic mass is 16.1. The van der Waals surface area contributed by atoms with E-state index in [0.717, 1.165) is 28.3 Å². The lowest BCUT2D eigenvalue weighted by Crippen LogP contribution is -2.20. The Morgan fingerprint density at radius 1 is 1.35 bits per heavy atom. The Bertz CT molecular complexity index is 689. The number of hydrogen-bond donors (Lipinski definition) is 2. The second-order valence-corrected chi connectivity index (χ2v) is 6.59. The molecule has 6 heteroatoms. The van der Waals surface area contributed by atoms with Gasteiger partial charge in [-0.25, -0.2) is 0 Å². The first-order valence-corrected chi connectivity index (χ1v) is 8.35. The maximum absolute atomic E-state index is 12.6. The van der Waals surface area contributed by atoms with Crippen molar-refractivity contribution in [1.29, 1.82) is 0 Å². The number of amides is 1. The van der Waals surface area contributed by atoms with E-state index in [4.69, 9.17) is 0 Å². The highest BCUT2D eigenvalue weighted by Gasteiger charge is 2.24. The second kappa shape index (κ2) is 6.18. The van der Waals surface area contributed by atoms with Crippen LogP contribution in [0, 0.1) is 20.8 Å². The Kier molecular flexibility index (Phi) is 4.24. The summed E-state index contributed by atoms with van der Waals surface area (Å²) in [5.41, 5.74) is 4.65. The summed E-state index contributed by atoms with van der Waals surface area (Å²) in [5, 5.41) is 14.6. The predicted molar refractivity (Wildman–Crippen MR) is 89.6 cm³/mol. The molecular weight excluding hydrogens is 290 g/mol. The van der Waals surface area contributed by atoms with Gasteiger partial charge in [-0.3, -0.25) is 14.6 Å². The minimum absolute atomic E-state index is 0.0216. The summed E-state index contributed by atoms with van der Waals surface area (Å²) < 4.78 is 2.07. The maximum Gasteiger partial charge on any atom is 0.231 e. The number of H-pyrrole nitrogens is 1. The Morgan fingerprint density at radius 3 is 2.65 bits per heavy atom. The van der Waals surface area contributed by atoms with Crippen molar-refractivity contribution in [2.24, 2.45) is 0 Å². The summed E-state index contributed by atoms with van der Waals surface area (Å²) in [6.07, 6.45) is 6.66. The average molecular weight is 315 g/mol. The Balaban J connectivity index is 1.75. The largest absolute Gasteiger partial charge is 0.323 e. The van der Waals surface area contributed by atoms with Crippen LogP contribution >= 0.6 is 0 Å². The molecule has 1 atom stereocenters. The smallest absolute Gasteiger partial charge is 0.231 e. The van der Waals surface area contributed by atoms with Gasteiger partial charge in [-0.2, -0.15) is 10.2 Å². The molecule has 0 spiro atoms. The van der Waals surface area contributed by atoms with E-state index in [-0.39, 0.29) is 11.8 Å². The minimum atomic E-state index is -0.247. The topological polar surface area (TPSA) is 75.6 Å². The lowest BCUT2D eigenvalue weighted by Gasteiger charge is -2.14. The monoisotopic (exact) mass is 315 g/mol. The van der Waals surface area contributed by atoms with Gasteiger partial charge in [0.25, 0.3) is 0 Å². The average Bonchev–Trinajstić information content (AvgIpc) is 3.22. The maximum atomic E-state index is 12.6. The third-order valence-electron chi connectivity index (χ3n) is 4.98. The van der Waals surface area contributed by atoms with E-state index >= 15 is 0 Å². The van der Waals surface area contributed by atoms with Gasteiger partial charge in [0, 0.05) is 11.3 Å². The quantitative estimate of drug-likeness (QED) is 0.908. The van der Waals surface area contributed by atoms with Gasteiger partial charge in [0.2, 0.25) is 5.91 Å². The molecular formula is C17H25N5O. The molecule has 0 aromatic carbocycles. The summed E-state index contributed by atoms with van der Waals surface area (Å²) in [6.45, 7) is 7.81. The summed E-state index contributed by atoms with van der Waals surface area (Å²) >= 11 is 0. The molecule has 1 saturated carbocycles. The van der Waals surface area contributed by atoms with Crippen molar-refractivity contribution in [1.82, 2.24) is 20.0 Å². The number of anilines is 1. The fourth-order valence-corrected chi connectivity index (χ4v) is 3.63. The molecule has 1 unspecified atom stereocenters. The lowest BCUT2D eigenvalue weighted by molar-refractivity contribution is -0.117. The van der Waals surface area contributed by atoms with Crippen molar-refractivity contribution >= 4 is 11.6 Å². The molecule has 0 radical (unpaired) electrons. The summed E-state index contributed by atoms with van der Waals surface area (Å²) in [6, 6.07) is 0.483. The molecule has 6 nitrogen and oxygen atoms in total. The molecule has 2 heterocycles. The third-order valence-corrected chi connectivity index (χ3v) is 4.98. The molecule has 2 aromatic heterocycles. The molecule has 1 fully saturated rings. The molecule has 1 amide bonds. The first kappa shape index (κ1) is 15.8. The summed E-state index contributed by atoms with van der Waals surface area (Å²) in [7, 11) is 0. The molecule has 0 aliphatic heterocycles. The highest BCUT2D eigenvalue weighted by Crippen LogP contribution is 2.32. The van der Waals surface area contributed by atoms with E-state index in [2.05, 4.69) is 25.3 Å². The van der Waals surface area contributed by atoms with Crippen LogP contribution in [0.25, 0.3) is 0 Å². The van der Waals surface area contributed by atoms with Crippen LogP contribution in [-0.2, 0) is 4.79 Å². The number of nitrogens with zero attached hydrogens (tertiary/aromatic N) is 3. The van der Waals surface area contributed by atoms with Gasteiger partial charge < -0.3 is 5.32 Å².